The average molecular weight is 1050 g/mol. The summed E-state index contributed by atoms with van der Waals surface area (Å²) in [4.78, 5) is 17.0. The van der Waals surface area contributed by atoms with Gasteiger partial charge in [-0.25, -0.2) is 9.98 Å². The summed E-state index contributed by atoms with van der Waals surface area (Å²) in [6.07, 6.45) is 13.2. The predicted octanol–water partition coefficient (Wildman–Crippen LogP) is 13.6. The maximum Gasteiger partial charge on any atom is 0.206 e. The summed E-state index contributed by atoms with van der Waals surface area (Å²) in [5, 5.41) is 0. The number of nitrogens with one attached hydrogen (secondary N) is 2. The Morgan fingerprint density at radius 1 is 0.367 bits per heavy atom. The molecule has 3 aliphatic carbocycles. The van der Waals surface area contributed by atoms with Crippen molar-refractivity contribution in [3.8, 4) is 0 Å². The molecule has 1 saturated carbocycles. The van der Waals surface area contributed by atoms with Gasteiger partial charge in [-0.15, -0.1) is 0 Å². The Morgan fingerprint density at radius 3 is 0.975 bits per heavy atom. The Bertz CT molecular complexity index is 2980. The van der Waals surface area contributed by atoms with Crippen LogP contribution in [-0.4, -0.2) is 76.9 Å². The molecule has 0 radical (unpaired) electrons. The molecule has 1 fully saturated rings. The topological polar surface area (TPSA) is 40.9 Å². The molecule has 412 valence electrons. The van der Waals surface area contributed by atoms with E-state index in [-0.39, 0.29) is 0 Å². The van der Waals surface area contributed by atoms with Crippen molar-refractivity contribution in [1.29, 1.82) is 0 Å². The van der Waals surface area contributed by atoms with E-state index in [4.69, 9.17) is 0 Å². The fraction of sp³-hybridized carbons (Fsp3) is 0.370. The molecule has 79 heavy (non-hydrogen) atoms. The molecule has 0 bridgehead atoms. The first-order valence-corrected chi connectivity index (χ1v) is 30.3. The monoisotopic (exact) mass is 1050 g/mol. The number of hydrogen-bond acceptors (Lipinski definition) is 4. The van der Waals surface area contributed by atoms with Crippen molar-refractivity contribution in [2.75, 3.05) is 85.0 Å². The van der Waals surface area contributed by atoms with Crippen molar-refractivity contribution in [1.82, 2.24) is 0 Å². The number of anilines is 4. The molecule has 0 aliphatic heterocycles. The van der Waals surface area contributed by atoms with Gasteiger partial charge in [0, 0.05) is 93.2 Å². The summed E-state index contributed by atoms with van der Waals surface area (Å²) in [5.41, 5.74) is 22.8. The zero-order valence-corrected chi connectivity index (χ0v) is 49.9. The summed E-state index contributed by atoms with van der Waals surface area (Å²) >= 11 is 0. The van der Waals surface area contributed by atoms with Crippen molar-refractivity contribution < 1.29 is 9.98 Å². The summed E-state index contributed by atoms with van der Waals surface area (Å²) in [6, 6.07) is 54.3. The van der Waals surface area contributed by atoms with Gasteiger partial charge in [0.2, 0.25) is 11.4 Å². The van der Waals surface area contributed by atoms with E-state index in [9.17, 15) is 0 Å². The lowest BCUT2D eigenvalue weighted by atomic mass is 9.83. The van der Waals surface area contributed by atoms with Gasteiger partial charge in [0.15, 0.2) is 0 Å². The Labute approximate surface area is 476 Å². The van der Waals surface area contributed by atoms with Gasteiger partial charge in [0.1, 0.15) is 13.1 Å². The van der Waals surface area contributed by atoms with Crippen LogP contribution in [0.3, 0.4) is 0 Å². The molecule has 3 unspecified atom stereocenters. The molecule has 6 nitrogen and oxygen atoms in total. The van der Waals surface area contributed by atoms with Crippen molar-refractivity contribution in [3.63, 3.8) is 0 Å². The number of nitrogens with zero attached hydrogens (tertiary/aromatic N) is 4. The van der Waals surface area contributed by atoms with Crippen LogP contribution in [-0.2, 0) is 0 Å². The molecule has 6 heteroatoms. The molecule has 0 amide bonds. The number of benzene rings is 6. The van der Waals surface area contributed by atoms with E-state index in [1.54, 1.807) is 0 Å². The van der Waals surface area contributed by atoms with Gasteiger partial charge in [-0.3, -0.25) is 0 Å². The van der Waals surface area contributed by atoms with Crippen LogP contribution < -0.4 is 29.6 Å². The molecular weight excluding hydrogens is 961 g/mol. The molecule has 3 atom stereocenters. The van der Waals surface area contributed by atoms with Crippen LogP contribution in [0.1, 0.15) is 140 Å². The second-order valence-corrected chi connectivity index (χ2v) is 21.5. The Balaban J connectivity index is 0.000000211. The van der Waals surface area contributed by atoms with Crippen LogP contribution in [0.5, 0.6) is 0 Å². The van der Waals surface area contributed by atoms with E-state index in [1.807, 2.05) is 0 Å². The third-order valence-corrected chi connectivity index (χ3v) is 17.0. The highest BCUT2D eigenvalue weighted by atomic mass is 15.1. The van der Waals surface area contributed by atoms with Crippen molar-refractivity contribution in [2.24, 2.45) is 17.8 Å². The van der Waals surface area contributed by atoms with E-state index >= 15 is 0 Å². The van der Waals surface area contributed by atoms with Crippen LogP contribution in [0.25, 0.3) is 22.3 Å². The zero-order valence-electron chi connectivity index (χ0n) is 49.9. The number of hydrogen-bond donors (Lipinski definition) is 2. The summed E-state index contributed by atoms with van der Waals surface area (Å²) in [6.45, 7) is 34.7. The maximum absolute atomic E-state index is 3.91. The molecule has 2 N–H and O–H groups in total. The Hall–Kier alpha value is -7.18. The minimum atomic E-state index is 0.759. The van der Waals surface area contributed by atoms with Crippen LogP contribution in [0, 0.1) is 17.8 Å². The van der Waals surface area contributed by atoms with Crippen LogP contribution in [0.4, 0.5) is 22.7 Å². The van der Waals surface area contributed by atoms with Gasteiger partial charge in [0.25, 0.3) is 0 Å². The van der Waals surface area contributed by atoms with Crippen LogP contribution in [0.15, 0.2) is 170 Å². The fourth-order valence-electron chi connectivity index (χ4n) is 12.7. The minimum absolute atomic E-state index is 0.759. The van der Waals surface area contributed by atoms with Gasteiger partial charge in [-0.1, -0.05) is 105 Å². The van der Waals surface area contributed by atoms with Crippen molar-refractivity contribution in [3.05, 3.63) is 214 Å². The fourth-order valence-corrected chi connectivity index (χ4v) is 12.7. The standard InChI is InChI=1S/C40H51N3.C33H39N3/c1-7-30-26-29(6)27-33(30)28-41-39-25-24-38(36-14-12-13-15-37(36)39)40(31-16-20-34(21-17-31)42(8-2)9-3)32-18-22-35(23-19-32)43(10-4)11-5;1-6-34-32-24-23-31(29-13-11-12-14-30(29)32)33(25-15-19-27(20-16-25)35(7-2)8-3)26-17-21-28(22-18-26)36(9-4)10-5/h12-25,29-30,33H,7-11,26-28H2,1-6H3;11-24H,6-10H2,1-5H3/p+2. The van der Waals surface area contributed by atoms with E-state index in [2.05, 4.69) is 276 Å². The van der Waals surface area contributed by atoms with E-state index < -0.39 is 0 Å². The first-order valence-electron chi connectivity index (χ1n) is 30.3. The largest absolute Gasteiger partial charge is 0.372 e. The highest BCUT2D eigenvalue weighted by Crippen LogP contribution is 2.41. The Kier molecular flexibility index (Phi) is 20.6. The summed E-state index contributed by atoms with van der Waals surface area (Å²) < 4.78 is 0. The molecule has 6 aromatic carbocycles. The first-order chi connectivity index (χ1) is 38.6. The summed E-state index contributed by atoms with van der Waals surface area (Å²) in [5.74, 6) is 2.44. The quantitative estimate of drug-likeness (QED) is 0.0799. The third kappa shape index (κ3) is 13.3. The van der Waals surface area contributed by atoms with Crippen LogP contribution in [0.2, 0.25) is 0 Å². The molecule has 0 saturated heterocycles. The number of rotatable bonds is 20. The third-order valence-electron chi connectivity index (χ3n) is 17.0. The lowest BCUT2D eigenvalue weighted by Gasteiger charge is -2.24. The number of allylic oxidation sites excluding steroid dienone is 6. The normalized spacial score (nSPS) is 17.3. The molecule has 6 aromatic rings. The summed E-state index contributed by atoms with van der Waals surface area (Å²) in [7, 11) is 0. The Morgan fingerprint density at radius 2 is 0.671 bits per heavy atom. The highest BCUT2D eigenvalue weighted by Gasteiger charge is 2.33. The lowest BCUT2D eigenvalue weighted by Crippen LogP contribution is -2.75. The first kappa shape index (κ1) is 58.0. The van der Waals surface area contributed by atoms with Crippen molar-refractivity contribution in [2.45, 2.75) is 95.4 Å². The van der Waals surface area contributed by atoms with E-state index in [0.717, 1.165) is 83.2 Å². The molecule has 0 spiro atoms. The van der Waals surface area contributed by atoms with E-state index in [0.29, 0.717) is 0 Å². The van der Waals surface area contributed by atoms with Gasteiger partial charge in [-0.05, 0) is 215 Å². The second kappa shape index (κ2) is 28.1. The van der Waals surface area contributed by atoms with Gasteiger partial charge >= 0.3 is 0 Å². The highest BCUT2D eigenvalue weighted by molar-refractivity contribution is 6.18. The second-order valence-electron chi connectivity index (χ2n) is 21.5. The minimum Gasteiger partial charge on any atom is -0.372 e. The van der Waals surface area contributed by atoms with Gasteiger partial charge < -0.3 is 19.6 Å². The van der Waals surface area contributed by atoms with Gasteiger partial charge in [0.05, 0.1) is 11.1 Å². The molecule has 3 aliphatic rings. The molecule has 9 rings (SSSR count). The average Bonchev–Trinajstić information content (AvgIpc) is 3.89. The zero-order chi connectivity index (χ0) is 55.8. The van der Waals surface area contributed by atoms with Crippen LogP contribution >= 0.6 is 0 Å². The SMILES string of the molecule is CCC1CC(C)CC1C[NH+]=C1C=CC(=C(c2ccc(N(CC)CC)cc2)c2ccc(N(CC)CC)cc2)c2ccccc21.CC[NH+]=C1C=CC(=C(c2ccc(N(CC)CC)cc2)c2ccc(N(CC)CC)cc2)c2ccccc21. The maximum atomic E-state index is 3.91. The predicted molar refractivity (Wildman–Crippen MR) is 344 cm³/mol. The molecular formula is C73H92N6+2. The van der Waals surface area contributed by atoms with E-state index in [1.165, 1.54) is 120 Å². The van der Waals surface area contributed by atoms with Gasteiger partial charge in [-0.2, -0.15) is 0 Å². The lowest BCUT2D eigenvalue weighted by molar-refractivity contribution is -0.466. The van der Waals surface area contributed by atoms with Crippen molar-refractivity contribution >= 4 is 56.5 Å². The number of fused-ring (bicyclic) bond motifs is 2. The molecule has 0 heterocycles. The smallest absolute Gasteiger partial charge is 0.206 e. The molecule has 0 aromatic heterocycles.